The summed E-state index contributed by atoms with van der Waals surface area (Å²) in [6.45, 7) is 0.0952. The Morgan fingerprint density at radius 1 is 1.13 bits per heavy atom. The topological polar surface area (TPSA) is 117 Å². The molecule has 1 N–H and O–H groups in total. The molecule has 2 aromatic carbocycles. The predicted octanol–water partition coefficient (Wildman–Crippen LogP) is 2.01. The molecule has 0 aromatic heterocycles. The number of hydrogen-bond donors (Lipinski definition) is 1. The first-order valence-electron chi connectivity index (χ1n) is 9.45. The summed E-state index contributed by atoms with van der Waals surface area (Å²) in [5.41, 5.74) is 1.80. The van der Waals surface area contributed by atoms with Gasteiger partial charge in [-0.25, -0.2) is 13.2 Å². The van der Waals surface area contributed by atoms with Crippen molar-refractivity contribution in [3.05, 3.63) is 59.7 Å². The van der Waals surface area contributed by atoms with Crippen molar-refractivity contribution in [2.24, 2.45) is 0 Å². The first kappa shape index (κ1) is 21.3. The molecule has 1 heterocycles. The van der Waals surface area contributed by atoms with Crippen LogP contribution in [0.5, 0.6) is 0 Å². The number of amides is 1. The fourth-order valence-electron chi connectivity index (χ4n) is 3.16. The number of sulfonamides is 1. The molecule has 30 heavy (non-hydrogen) atoms. The monoisotopic (exact) mass is 427 g/mol. The van der Waals surface area contributed by atoms with Gasteiger partial charge in [0.2, 0.25) is 0 Å². The highest BCUT2D eigenvalue weighted by Crippen LogP contribution is 2.31. The third-order valence-electron chi connectivity index (χ3n) is 4.64. The number of para-hydroxylation sites is 1. The van der Waals surface area contributed by atoms with E-state index in [0.29, 0.717) is 12.2 Å². The van der Waals surface area contributed by atoms with Gasteiger partial charge in [-0.05, 0) is 48.7 Å². The van der Waals surface area contributed by atoms with Gasteiger partial charge >= 0.3 is 5.97 Å². The normalized spacial score (nSPS) is 13.1. The number of esters is 1. The van der Waals surface area contributed by atoms with Crippen LogP contribution in [0.1, 0.15) is 28.8 Å². The van der Waals surface area contributed by atoms with Crippen LogP contribution in [0.15, 0.2) is 53.4 Å². The molecule has 0 atom stereocenters. The van der Waals surface area contributed by atoms with E-state index in [-0.39, 0.29) is 23.4 Å². The highest BCUT2D eigenvalue weighted by molar-refractivity contribution is 7.92. The van der Waals surface area contributed by atoms with Crippen LogP contribution in [0.3, 0.4) is 0 Å². The second-order valence-corrected chi connectivity index (χ2v) is 8.53. The van der Waals surface area contributed by atoms with E-state index in [0.717, 1.165) is 18.4 Å². The van der Waals surface area contributed by atoms with Crippen molar-refractivity contribution in [1.82, 2.24) is 5.32 Å². The van der Waals surface area contributed by atoms with E-state index in [9.17, 15) is 18.0 Å². The van der Waals surface area contributed by atoms with E-state index in [4.69, 9.17) is 10.00 Å². The Labute approximate surface area is 175 Å². The molecule has 0 radical (unpaired) electrons. The van der Waals surface area contributed by atoms with Crippen molar-refractivity contribution in [1.29, 1.82) is 5.26 Å². The first-order valence-corrected chi connectivity index (χ1v) is 10.9. The Kier molecular flexibility index (Phi) is 6.69. The highest BCUT2D eigenvalue weighted by Gasteiger charge is 2.29. The zero-order valence-corrected chi connectivity index (χ0v) is 17.0. The summed E-state index contributed by atoms with van der Waals surface area (Å²) in [7, 11) is -3.77. The molecule has 0 unspecified atom stereocenters. The standard InChI is InChI=1S/C21H21N3O5S/c22-12-4-13-23-20(25)15-29-21(26)17-8-10-18(11-9-17)30(27,28)24-14-3-6-16-5-1-2-7-19(16)24/h1-2,5,7-11H,3-4,6,13-15H2,(H,23,25). The largest absolute Gasteiger partial charge is 0.452 e. The molecule has 156 valence electrons. The molecule has 0 spiro atoms. The van der Waals surface area contributed by atoms with Crippen molar-refractivity contribution in [3.8, 4) is 6.07 Å². The summed E-state index contributed by atoms with van der Waals surface area (Å²) >= 11 is 0. The summed E-state index contributed by atoms with van der Waals surface area (Å²) < 4.78 is 32.5. The average molecular weight is 427 g/mol. The van der Waals surface area contributed by atoms with Crippen LogP contribution >= 0.6 is 0 Å². The van der Waals surface area contributed by atoms with Gasteiger partial charge in [0.1, 0.15) is 0 Å². The maximum Gasteiger partial charge on any atom is 0.338 e. The Bertz CT molecular complexity index is 1070. The molecule has 1 aliphatic heterocycles. The van der Waals surface area contributed by atoms with E-state index in [1.807, 2.05) is 24.3 Å². The highest BCUT2D eigenvalue weighted by atomic mass is 32.2. The lowest BCUT2D eigenvalue weighted by Gasteiger charge is -2.30. The fourth-order valence-corrected chi connectivity index (χ4v) is 4.70. The van der Waals surface area contributed by atoms with E-state index in [1.165, 1.54) is 28.6 Å². The summed E-state index contributed by atoms with van der Waals surface area (Å²) in [6.07, 6.45) is 1.73. The summed E-state index contributed by atoms with van der Waals surface area (Å²) in [6, 6.07) is 14.7. The van der Waals surface area contributed by atoms with Gasteiger partial charge in [-0.3, -0.25) is 9.10 Å². The Morgan fingerprint density at radius 2 is 1.87 bits per heavy atom. The van der Waals surface area contributed by atoms with Gasteiger partial charge in [-0.15, -0.1) is 0 Å². The number of nitrogens with zero attached hydrogens (tertiary/aromatic N) is 2. The minimum atomic E-state index is -3.77. The number of nitrogens with one attached hydrogen (secondary N) is 1. The zero-order valence-electron chi connectivity index (χ0n) is 16.2. The number of carbonyl (C=O) groups is 2. The van der Waals surface area contributed by atoms with Crippen LogP contribution in [-0.2, 0) is 26.0 Å². The molecular formula is C21H21N3O5S. The first-order chi connectivity index (χ1) is 14.4. The molecule has 0 saturated carbocycles. The summed E-state index contributed by atoms with van der Waals surface area (Å²) in [5, 5.41) is 10.9. The second kappa shape index (κ2) is 9.41. The summed E-state index contributed by atoms with van der Waals surface area (Å²) in [5.74, 6) is -1.25. The Hall–Kier alpha value is -3.38. The second-order valence-electron chi connectivity index (χ2n) is 6.67. The minimum Gasteiger partial charge on any atom is -0.452 e. The zero-order chi connectivity index (χ0) is 21.6. The number of hydrogen-bond acceptors (Lipinski definition) is 6. The molecule has 0 bridgehead atoms. The molecule has 2 aromatic rings. The third kappa shape index (κ3) is 4.78. The number of rotatable bonds is 7. The van der Waals surface area contributed by atoms with Gasteiger partial charge in [0.25, 0.3) is 15.9 Å². The lowest BCUT2D eigenvalue weighted by molar-refractivity contribution is -0.124. The van der Waals surface area contributed by atoms with Gasteiger partial charge in [-0.2, -0.15) is 5.26 Å². The number of anilines is 1. The number of nitriles is 1. The molecule has 0 aliphatic carbocycles. The third-order valence-corrected chi connectivity index (χ3v) is 6.47. The van der Waals surface area contributed by atoms with Crippen LogP contribution in [0, 0.1) is 11.3 Å². The molecule has 8 nitrogen and oxygen atoms in total. The van der Waals surface area contributed by atoms with Gasteiger partial charge in [-0.1, -0.05) is 18.2 Å². The van der Waals surface area contributed by atoms with E-state index in [1.54, 1.807) is 6.07 Å². The number of fused-ring (bicyclic) bond motifs is 1. The smallest absolute Gasteiger partial charge is 0.338 e. The van der Waals surface area contributed by atoms with E-state index < -0.39 is 28.5 Å². The SMILES string of the molecule is N#CCCNC(=O)COC(=O)c1ccc(S(=O)(=O)N2CCCc3ccccc32)cc1. The predicted molar refractivity (Wildman–Crippen MR) is 109 cm³/mol. The minimum absolute atomic E-state index is 0.0741. The molecule has 3 rings (SSSR count). The molecule has 9 heteroatoms. The lowest BCUT2D eigenvalue weighted by atomic mass is 10.0. The average Bonchev–Trinajstić information content (AvgIpc) is 2.77. The molecular weight excluding hydrogens is 406 g/mol. The van der Waals surface area contributed by atoms with Crippen LogP contribution in [-0.4, -0.2) is 40.0 Å². The molecule has 0 fully saturated rings. The molecule has 1 aliphatic rings. The molecule has 1 amide bonds. The van der Waals surface area contributed by atoms with Crippen LogP contribution in [0.25, 0.3) is 0 Å². The van der Waals surface area contributed by atoms with Crippen molar-refractivity contribution >= 4 is 27.6 Å². The van der Waals surface area contributed by atoms with Crippen molar-refractivity contribution < 1.29 is 22.7 Å². The quantitative estimate of drug-likeness (QED) is 0.534. The molecule has 0 saturated heterocycles. The maximum atomic E-state index is 13.1. The van der Waals surface area contributed by atoms with E-state index >= 15 is 0 Å². The van der Waals surface area contributed by atoms with Crippen molar-refractivity contribution in [3.63, 3.8) is 0 Å². The Morgan fingerprint density at radius 3 is 2.60 bits per heavy atom. The fraction of sp³-hybridized carbons (Fsp3) is 0.286. The van der Waals surface area contributed by atoms with Crippen LogP contribution < -0.4 is 9.62 Å². The maximum absolute atomic E-state index is 13.1. The van der Waals surface area contributed by atoms with Gasteiger partial charge in [0.05, 0.1) is 28.6 Å². The van der Waals surface area contributed by atoms with Gasteiger partial charge < -0.3 is 10.1 Å². The van der Waals surface area contributed by atoms with Gasteiger partial charge in [0.15, 0.2) is 6.61 Å². The van der Waals surface area contributed by atoms with Gasteiger partial charge in [0, 0.05) is 13.1 Å². The van der Waals surface area contributed by atoms with Crippen molar-refractivity contribution in [2.75, 3.05) is 24.0 Å². The van der Waals surface area contributed by atoms with Crippen molar-refractivity contribution in [2.45, 2.75) is 24.2 Å². The lowest BCUT2D eigenvalue weighted by Crippen LogP contribution is -2.35. The van der Waals surface area contributed by atoms with Crippen LogP contribution in [0.4, 0.5) is 5.69 Å². The van der Waals surface area contributed by atoms with E-state index in [2.05, 4.69) is 5.32 Å². The number of benzene rings is 2. The Balaban J connectivity index is 1.67. The summed E-state index contributed by atoms with van der Waals surface area (Å²) in [4.78, 5) is 23.7. The number of ether oxygens (including phenoxy) is 1. The number of aryl methyl sites for hydroxylation is 1. The number of carbonyl (C=O) groups excluding carboxylic acids is 2. The van der Waals surface area contributed by atoms with Crippen LogP contribution in [0.2, 0.25) is 0 Å².